The minimum absolute atomic E-state index is 0.473. The zero-order valence-corrected chi connectivity index (χ0v) is 12.4. The number of unbranched alkanes of at least 4 members (excludes halogenated alkanes) is 9. The highest BCUT2D eigenvalue weighted by atomic mass is 15.2. The maximum absolute atomic E-state index is 7.66. The Kier molecular flexibility index (Phi) is 8.19. The minimum atomic E-state index is 0.473. The predicted molar refractivity (Wildman–Crippen MR) is 83.1 cm³/mol. The zero-order chi connectivity index (χ0) is 13.9. The first-order valence-corrected chi connectivity index (χ1v) is 7.88. The van der Waals surface area contributed by atoms with Crippen molar-refractivity contribution in [2.24, 2.45) is 0 Å². The Morgan fingerprint density at radius 1 is 0.737 bits per heavy atom. The molecule has 108 valence electrons. The van der Waals surface area contributed by atoms with Crippen molar-refractivity contribution in [2.45, 2.75) is 71.1 Å². The smallest absolute Gasteiger partial charge is 0.126 e. The number of rotatable bonds is 11. The van der Waals surface area contributed by atoms with Crippen LogP contribution in [0.5, 0.6) is 0 Å². The molecular weight excluding hydrogens is 234 g/mol. The molecule has 0 bridgehead atoms. The van der Waals surface area contributed by atoms with Gasteiger partial charge in [-0.1, -0.05) is 64.7 Å². The molecule has 1 rings (SSSR count). The third kappa shape index (κ3) is 6.55. The van der Waals surface area contributed by atoms with Gasteiger partial charge in [-0.3, -0.25) is 10.8 Å². The van der Waals surface area contributed by atoms with E-state index in [0.29, 0.717) is 11.7 Å². The Morgan fingerprint density at radius 3 is 1.63 bits per heavy atom. The molecule has 0 aromatic heterocycles. The van der Waals surface area contributed by atoms with E-state index in [2.05, 4.69) is 6.92 Å². The highest BCUT2D eigenvalue weighted by Gasteiger charge is 2.15. The van der Waals surface area contributed by atoms with E-state index in [-0.39, 0.29) is 0 Å². The van der Waals surface area contributed by atoms with E-state index in [1.54, 1.807) is 17.1 Å². The summed E-state index contributed by atoms with van der Waals surface area (Å²) in [5.41, 5.74) is 0. The predicted octanol–water partition coefficient (Wildman–Crippen LogP) is 4.73. The van der Waals surface area contributed by atoms with Gasteiger partial charge < -0.3 is 4.90 Å². The molecule has 0 unspecified atom stereocenters. The summed E-state index contributed by atoms with van der Waals surface area (Å²) in [4.78, 5) is 1.78. The van der Waals surface area contributed by atoms with Crippen molar-refractivity contribution in [1.82, 2.24) is 4.90 Å². The average molecular weight is 263 g/mol. The minimum Gasteiger partial charge on any atom is -0.312 e. The molecule has 1 heterocycles. The molecule has 0 radical (unpaired) electrons. The van der Waals surface area contributed by atoms with Crippen LogP contribution in [0.2, 0.25) is 0 Å². The fourth-order valence-electron chi connectivity index (χ4n) is 2.47. The fourth-order valence-corrected chi connectivity index (χ4v) is 2.47. The molecule has 0 saturated carbocycles. The molecule has 0 atom stereocenters. The second-order valence-electron chi connectivity index (χ2n) is 5.44. The summed E-state index contributed by atoms with van der Waals surface area (Å²) in [6.45, 7) is 3.09. The number of hydrogen-bond acceptors (Lipinski definition) is 2. The van der Waals surface area contributed by atoms with Gasteiger partial charge in [-0.05, 0) is 18.6 Å². The van der Waals surface area contributed by atoms with Crippen molar-refractivity contribution in [3.8, 4) is 0 Å². The summed E-state index contributed by atoms with van der Waals surface area (Å²) in [5.74, 6) is 0.946. The Hall–Kier alpha value is -1.12. The summed E-state index contributed by atoms with van der Waals surface area (Å²) in [5, 5.41) is 15.3. The monoisotopic (exact) mass is 263 g/mol. The molecule has 0 aliphatic carbocycles. The normalized spacial score (nSPS) is 14.7. The van der Waals surface area contributed by atoms with Crippen molar-refractivity contribution in [2.75, 3.05) is 6.54 Å². The maximum Gasteiger partial charge on any atom is 0.126 e. The Labute approximate surface area is 118 Å². The lowest BCUT2D eigenvalue weighted by Gasteiger charge is -2.17. The van der Waals surface area contributed by atoms with Gasteiger partial charge in [0.05, 0.1) is 0 Å². The van der Waals surface area contributed by atoms with Crippen LogP contribution in [0, 0.1) is 10.8 Å². The molecule has 0 saturated heterocycles. The summed E-state index contributed by atoms with van der Waals surface area (Å²) in [7, 11) is 0. The molecule has 0 fully saturated rings. The van der Waals surface area contributed by atoms with Crippen LogP contribution in [0.4, 0.5) is 0 Å². The van der Waals surface area contributed by atoms with Gasteiger partial charge >= 0.3 is 0 Å². The number of amidine groups is 2. The lowest BCUT2D eigenvalue weighted by atomic mass is 10.1. The first-order chi connectivity index (χ1) is 9.25. The van der Waals surface area contributed by atoms with E-state index in [1.165, 1.54) is 57.8 Å². The van der Waals surface area contributed by atoms with Crippen LogP contribution in [-0.4, -0.2) is 23.1 Å². The molecule has 1 aliphatic rings. The summed E-state index contributed by atoms with van der Waals surface area (Å²) < 4.78 is 0. The molecule has 19 heavy (non-hydrogen) atoms. The molecular formula is C16H29N3. The Morgan fingerprint density at radius 2 is 1.16 bits per heavy atom. The van der Waals surface area contributed by atoms with E-state index >= 15 is 0 Å². The van der Waals surface area contributed by atoms with Gasteiger partial charge in [-0.2, -0.15) is 0 Å². The van der Waals surface area contributed by atoms with Crippen LogP contribution in [0.15, 0.2) is 12.2 Å². The van der Waals surface area contributed by atoms with Crippen LogP contribution in [-0.2, 0) is 0 Å². The second kappa shape index (κ2) is 9.76. The molecule has 0 amide bonds. The fraction of sp³-hybridized carbons (Fsp3) is 0.750. The number of hydrogen-bond donors (Lipinski definition) is 2. The van der Waals surface area contributed by atoms with Gasteiger partial charge in [0.15, 0.2) is 0 Å². The van der Waals surface area contributed by atoms with Gasteiger partial charge in [0.2, 0.25) is 0 Å². The van der Waals surface area contributed by atoms with Gasteiger partial charge in [0, 0.05) is 6.54 Å². The second-order valence-corrected chi connectivity index (χ2v) is 5.44. The van der Waals surface area contributed by atoms with E-state index < -0.39 is 0 Å². The van der Waals surface area contributed by atoms with Crippen molar-refractivity contribution in [1.29, 1.82) is 10.8 Å². The number of nitrogens with zero attached hydrogens (tertiary/aromatic N) is 1. The van der Waals surface area contributed by atoms with E-state index in [0.717, 1.165) is 13.0 Å². The van der Waals surface area contributed by atoms with E-state index in [4.69, 9.17) is 10.8 Å². The van der Waals surface area contributed by atoms with E-state index in [1.807, 2.05) is 0 Å². The van der Waals surface area contributed by atoms with Crippen LogP contribution in [0.1, 0.15) is 71.1 Å². The van der Waals surface area contributed by atoms with Gasteiger partial charge in [0.25, 0.3) is 0 Å². The zero-order valence-electron chi connectivity index (χ0n) is 12.4. The first kappa shape index (κ1) is 15.9. The maximum atomic E-state index is 7.66. The van der Waals surface area contributed by atoms with Crippen LogP contribution >= 0.6 is 0 Å². The molecule has 0 aromatic carbocycles. The highest BCUT2D eigenvalue weighted by molar-refractivity contribution is 6.15. The topological polar surface area (TPSA) is 50.9 Å². The van der Waals surface area contributed by atoms with Gasteiger partial charge in [0.1, 0.15) is 11.7 Å². The van der Waals surface area contributed by atoms with Gasteiger partial charge in [-0.25, -0.2) is 0 Å². The SMILES string of the molecule is CCCCCCCCCCCCN1C(=N)C=CC1=N. The Balaban J connectivity index is 1.86. The van der Waals surface area contributed by atoms with Crippen LogP contribution in [0.25, 0.3) is 0 Å². The van der Waals surface area contributed by atoms with Crippen LogP contribution in [0.3, 0.4) is 0 Å². The van der Waals surface area contributed by atoms with E-state index in [9.17, 15) is 0 Å². The van der Waals surface area contributed by atoms with Crippen molar-refractivity contribution in [3.05, 3.63) is 12.2 Å². The summed E-state index contributed by atoms with van der Waals surface area (Å²) in [6.07, 6.45) is 16.7. The summed E-state index contributed by atoms with van der Waals surface area (Å²) >= 11 is 0. The highest BCUT2D eigenvalue weighted by Crippen LogP contribution is 2.12. The average Bonchev–Trinajstić information content (AvgIpc) is 2.72. The summed E-state index contributed by atoms with van der Waals surface area (Å²) in [6, 6.07) is 0. The standard InChI is InChI=1S/C16H29N3/c1-2-3-4-5-6-7-8-9-10-11-14-19-15(17)12-13-16(19)18/h12-13,17-18H,2-11,14H2,1H3. The lowest BCUT2D eigenvalue weighted by Crippen LogP contribution is -2.30. The molecule has 3 nitrogen and oxygen atoms in total. The van der Waals surface area contributed by atoms with Crippen LogP contribution < -0.4 is 0 Å². The third-order valence-electron chi connectivity index (χ3n) is 3.72. The lowest BCUT2D eigenvalue weighted by molar-refractivity contribution is 0.519. The van der Waals surface area contributed by atoms with Gasteiger partial charge in [-0.15, -0.1) is 0 Å². The quantitative estimate of drug-likeness (QED) is 0.520. The molecule has 0 aromatic rings. The molecule has 2 N–H and O–H groups in total. The third-order valence-corrected chi connectivity index (χ3v) is 3.72. The largest absolute Gasteiger partial charge is 0.312 e. The van der Waals surface area contributed by atoms with Crippen molar-refractivity contribution >= 4 is 11.7 Å². The molecule has 3 heteroatoms. The first-order valence-electron chi connectivity index (χ1n) is 7.88. The Bertz CT molecular complexity index is 289. The van der Waals surface area contributed by atoms with Crippen molar-refractivity contribution in [3.63, 3.8) is 0 Å². The molecule has 1 aliphatic heterocycles. The number of nitrogens with one attached hydrogen (secondary N) is 2. The van der Waals surface area contributed by atoms with Crippen molar-refractivity contribution < 1.29 is 0 Å². The molecule has 0 spiro atoms.